The van der Waals surface area contributed by atoms with Gasteiger partial charge in [-0.15, -0.1) is 0 Å². The summed E-state index contributed by atoms with van der Waals surface area (Å²) >= 11 is 0. The van der Waals surface area contributed by atoms with Crippen molar-refractivity contribution in [2.75, 3.05) is 5.32 Å². The summed E-state index contributed by atoms with van der Waals surface area (Å²) in [6.45, 7) is 0. The second-order valence-corrected chi connectivity index (χ2v) is 6.53. The number of rotatable bonds is 4. The predicted octanol–water partition coefficient (Wildman–Crippen LogP) is 2.83. The third kappa shape index (κ3) is 3.07. The fourth-order valence-electron chi connectivity index (χ4n) is 3.52. The van der Waals surface area contributed by atoms with E-state index in [9.17, 15) is 9.59 Å². The van der Waals surface area contributed by atoms with E-state index in [1.54, 1.807) is 0 Å². The molecule has 128 valence electrons. The maximum absolute atomic E-state index is 12.4. The summed E-state index contributed by atoms with van der Waals surface area (Å²) in [5.41, 5.74) is 4.21. The van der Waals surface area contributed by atoms with Gasteiger partial charge in [-0.3, -0.25) is 9.59 Å². The molecule has 1 atom stereocenters. The number of amides is 1. The Balaban J connectivity index is 1.60. The highest BCUT2D eigenvalue weighted by atomic mass is 16.4. The molecule has 2 heterocycles. The van der Waals surface area contributed by atoms with E-state index in [4.69, 9.17) is 9.52 Å². The van der Waals surface area contributed by atoms with Crippen LogP contribution in [-0.4, -0.2) is 22.0 Å². The summed E-state index contributed by atoms with van der Waals surface area (Å²) in [6, 6.07) is 5.64. The SMILES string of the molecule is O=C(O)CCc1ccc2c(c1)C(=CC1CCc3ocnc3C1)C(=O)N2. The average Bonchev–Trinajstić information content (AvgIpc) is 3.17. The van der Waals surface area contributed by atoms with Crippen LogP contribution in [0.1, 0.15) is 35.4 Å². The smallest absolute Gasteiger partial charge is 0.303 e. The summed E-state index contributed by atoms with van der Waals surface area (Å²) in [7, 11) is 0. The summed E-state index contributed by atoms with van der Waals surface area (Å²) in [5, 5.41) is 11.7. The summed E-state index contributed by atoms with van der Waals surface area (Å²) in [4.78, 5) is 27.4. The van der Waals surface area contributed by atoms with Gasteiger partial charge in [0.1, 0.15) is 5.76 Å². The van der Waals surface area contributed by atoms with E-state index in [1.165, 1.54) is 6.39 Å². The maximum Gasteiger partial charge on any atom is 0.303 e. The number of aromatic nitrogens is 1. The van der Waals surface area contributed by atoms with E-state index in [2.05, 4.69) is 10.3 Å². The fraction of sp³-hybridized carbons (Fsp3) is 0.316. The van der Waals surface area contributed by atoms with Crippen LogP contribution in [0.25, 0.3) is 5.57 Å². The number of oxazole rings is 1. The van der Waals surface area contributed by atoms with Crippen LogP contribution in [0.2, 0.25) is 0 Å². The van der Waals surface area contributed by atoms with Crippen LogP contribution in [-0.2, 0) is 28.9 Å². The molecule has 1 aliphatic carbocycles. The number of aliphatic carboxylic acids is 1. The number of aryl methyl sites for hydroxylation is 2. The van der Waals surface area contributed by atoms with Crippen LogP contribution in [0.4, 0.5) is 5.69 Å². The number of carbonyl (C=O) groups excluding carboxylic acids is 1. The van der Waals surface area contributed by atoms with Crippen molar-refractivity contribution in [3.05, 3.63) is 53.2 Å². The Morgan fingerprint density at radius 1 is 1.44 bits per heavy atom. The summed E-state index contributed by atoms with van der Waals surface area (Å²) < 4.78 is 5.35. The number of fused-ring (bicyclic) bond motifs is 2. The van der Waals surface area contributed by atoms with Crippen molar-refractivity contribution in [2.24, 2.45) is 5.92 Å². The number of allylic oxidation sites excluding steroid dienone is 1. The molecule has 0 saturated heterocycles. The third-order valence-electron chi connectivity index (χ3n) is 4.82. The monoisotopic (exact) mass is 338 g/mol. The normalized spacial score (nSPS) is 20.2. The first kappa shape index (κ1) is 15.6. The Kier molecular flexibility index (Phi) is 3.87. The van der Waals surface area contributed by atoms with Gasteiger partial charge in [-0.05, 0) is 42.9 Å². The number of carboxylic acids is 1. The maximum atomic E-state index is 12.4. The zero-order valence-electron chi connectivity index (χ0n) is 13.6. The Bertz CT molecular complexity index is 881. The number of carboxylic acid groups (broad SMARTS) is 1. The lowest BCUT2D eigenvalue weighted by atomic mass is 9.87. The lowest BCUT2D eigenvalue weighted by Gasteiger charge is -2.17. The summed E-state index contributed by atoms with van der Waals surface area (Å²) in [5.74, 6) is 0.265. The minimum absolute atomic E-state index is 0.0801. The molecule has 0 saturated carbocycles. The third-order valence-corrected chi connectivity index (χ3v) is 4.82. The van der Waals surface area contributed by atoms with Gasteiger partial charge < -0.3 is 14.8 Å². The standard InChI is InChI=1S/C19H18N2O4/c22-18(23)6-3-11-1-4-15-13(7-11)14(19(24)21-15)8-12-2-5-17-16(9-12)20-10-25-17/h1,4,7-8,10,12H,2-3,5-6,9H2,(H,21,24)(H,22,23). The molecule has 2 N–H and O–H groups in total. The molecule has 0 spiro atoms. The zero-order valence-corrected chi connectivity index (χ0v) is 13.6. The first-order chi connectivity index (χ1) is 12.1. The van der Waals surface area contributed by atoms with E-state index in [1.807, 2.05) is 24.3 Å². The van der Waals surface area contributed by atoms with E-state index >= 15 is 0 Å². The number of anilines is 1. The molecule has 2 aliphatic rings. The molecule has 0 radical (unpaired) electrons. The average molecular weight is 338 g/mol. The number of hydrogen-bond donors (Lipinski definition) is 2. The van der Waals surface area contributed by atoms with E-state index in [0.717, 1.165) is 47.5 Å². The van der Waals surface area contributed by atoms with Gasteiger partial charge in [-0.25, -0.2) is 4.98 Å². The van der Waals surface area contributed by atoms with Crippen LogP contribution in [0.5, 0.6) is 0 Å². The summed E-state index contributed by atoms with van der Waals surface area (Å²) in [6.07, 6.45) is 6.57. The quantitative estimate of drug-likeness (QED) is 0.836. The fourth-order valence-corrected chi connectivity index (χ4v) is 3.52. The highest BCUT2D eigenvalue weighted by molar-refractivity contribution is 6.31. The lowest BCUT2D eigenvalue weighted by Crippen LogP contribution is -2.13. The highest BCUT2D eigenvalue weighted by Gasteiger charge is 2.27. The second kappa shape index (κ2) is 6.20. The van der Waals surface area contributed by atoms with Crippen molar-refractivity contribution in [3.63, 3.8) is 0 Å². The Morgan fingerprint density at radius 3 is 3.16 bits per heavy atom. The van der Waals surface area contributed by atoms with Crippen LogP contribution in [0.15, 0.2) is 35.1 Å². The van der Waals surface area contributed by atoms with Gasteiger partial charge in [-0.2, -0.15) is 0 Å². The lowest BCUT2D eigenvalue weighted by molar-refractivity contribution is -0.137. The second-order valence-electron chi connectivity index (χ2n) is 6.53. The number of hydrogen-bond acceptors (Lipinski definition) is 4. The van der Waals surface area contributed by atoms with Gasteiger partial charge in [-0.1, -0.05) is 12.1 Å². The molecule has 1 unspecified atom stereocenters. The van der Waals surface area contributed by atoms with E-state index in [-0.39, 0.29) is 18.2 Å². The molecule has 1 aromatic carbocycles. The predicted molar refractivity (Wildman–Crippen MR) is 91.0 cm³/mol. The van der Waals surface area contributed by atoms with E-state index < -0.39 is 5.97 Å². The Labute approximate surface area is 144 Å². The van der Waals surface area contributed by atoms with E-state index in [0.29, 0.717) is 12.0 Å². The van der Waals surface area contributed by atoms with Gasteiger partial charge in [0.2, 0.25) is 0 Å². The van der Waals surface area contributed by atoms with Crippen LogP contribution >= 0.6 is 0 Å². The van der Waals surface area contributed by atoms with Crippen molar-refractivity contribution in [3.8, 4) is 0 Å². The van der Waals surface area contributed by atoms with Crippen LogP contribution < -0.4 is 5.32 Å². The molecule has 0 fully saturated rings. The molecule has 1 amide bonds. The molecule has 6 heteroatoms. The Morgan fingerprint density at radius 2 is 2.32 bits per heavy atom. The molecular weight excluding hydrogens is 320 g/mol. The van der Waals surface area contributed by atoms with Crippen molar-refractivity contribution < 1.29 is 19.1 Å². The van der Waals surface area contributed by atoms with Crippen molar-refractivity contribution in [1.29, 1.82) is 0 Å². The molecule has 6 nitrogen and oxygen atoms in total. The zero-order chi connectivity index (χ0) is 17.4. The molecular formula is C19H18N2O4. The molecule has 4 rings (SSSR count). The minimum Gasteiger partial charge on any atom is -0.481 e. The van der Waals surface area contributed by atoms with Crippen molar-refractivity contribution in [1.82, 2.24) is 4.98 Å². The van der Waals surface area contributed by atoms with Gasteiger partial charge in [0.25, 0.3) is 5.91 Å². The number of benzene rings is 1. The molecule has 1 aliphatic heterocycles. The molecule has 1 aromatic heterocycles. The van der Waals surface area contributed by atoms with Crippen LogP contribution in [0, 0.1) is 5.92 Å². The first-order valence-electron chi connectivity index (χ1n) is 8.39. The van der Waals surface area contributed by atoms with Gasteiger partial charge >= 0.3 is 5.97 Å². The molecule has 0 bridgehead atoms. The van der Waals surface area contributed by atoms with Crippen LogP contribution in [0.3, 0.4) is 0 Å². The van der Waals surface area contributed by atoms with Gasteiger partial charge in [0.05, 0.1) is 5.69 Å². The van der Waals surface area contributed by atoms with Crippen molar-refractivity contribution in [2.45, 2.75) is 32.1 Å². The van der Waals surface area contributed by atoms with Gasteiger partial charge in [0, 0.05) is 29.7 Å². The highest BCUT2D eigenvalue weighted by Crippen LogP contribution is 2.35. The number of nitrogens with one attached hydrogen (secondary N) is 1. The number of carbonyl (C=O) groups is 2. The molecule has 2 aromatic rings. The number of nitrogens with zero attached hydrogens (tertiary/aromatic N) is 1. The van der Waals surface area contributed by atoms with Crippen molar-refractivity contribution >= 4 is 23.1 Å². The largest absolute Gasteiger partial charge is 0.481 e. The topological polar surface area (TPSA) is 92.4 Å². The van der Waals surface area contributed by atoms with Gasteiger partial charge in [0.15, 0.2) is 6.39 Å². The first-order valence-corrected chi connectivity index (χ1v) is 8.39. The molecule has 25 heavy (non-hydrogen) atoms. The Hall–Kier alpha value is -2.89. The minimum atomic E-state index is -0.823.